The molecule has 2 aromatic rings. The Morgan fingerprint density at radius 3 is 2.89 bits per heavy atom. The van der Waals surface area contributed by atoms with E-state index in [-0.39, 0.29) is 24.0 Å². The first-order valence-corrected chi connectivity index (χ1v) is 10.4. The molecule has 0 bridgehead atoms. The second-order valence-corrected chi connectivity index (χ2v) is 7.62. The summed E-state index contributed by atoms with van der Waals surface area (Å²) in [5.41, 5.74) is 0.888. The fourth-order valence-electron chi connectivity index (χ4n) is 4.35. The molecule has 28 heavy (non-hydrogen) atoms. The van der Waals surface area contributed by atoms with Crippen LogP contribution in [0.1, 0.15) is 44.9 Å². The fourth-order valence-corrected chi connectivity index (χ4v) is 4.35. The molecule has 0 radical (unpaired) electrons. The van der Waals surface area contributed by atoms with Crippen molar-refractivity contribution in [3.63, 3.8) is 0 Å². The average molecular weight is 497 g/mol. The number of pyridine rings is 1. The molecule has 0 spiro atoms. The van der Waals surface area contributed by atoms with E-state index in [4.69, 9.17) is 4.99 Å². The Morgan fingerprint density at radius 2 is 2.07 bits per heavy atom. The van der Waals surface area contributed by atoms with Gasteiger partial charge in [0.1, 0.15) is 5.82 Å². The molecule has 1 atom stereocenters. The van der Waals surface area contributed by atoms with Crippen molar-refractivity contribution >= 4 is 35.6 Å². The predicted octanol–water partition coefficient (Wildman–Crippen LogP) is 2.46. The van der Waals surface area contributed by atoms with Crippen molar-refractivity contribution in [1.82, 2.24) is 30.1 Å². The molecule has 3 heterocycles. The molecule has 1 aliphatic carbocycles. The molecular formula is C20H32IN7. The second-order valence-electron chi connectivity index (χ2n) is 7.62. The maximum absolute atomic E-state index is 4.78. The topological polar surface area (TPSA) is 69.8 Å². The van der Waals surface area contributed by atoms with Gasteiger partial charge in [-0.05, 0) is 38.3 Å². The van der Waals surface area contributed by atoms with Gasteiger partial charge in [0, 0.05) is 50.9 Å². The maximum Gasteiger partial charge on any atom is 0.191 e. The number of halogens is 1. The standard InChI is InChI=1S/C20H31N7.HI/c1-2-21-20(23-16-11-14-26(15-16)17-7-3-4-8-17)22-12-10-19-25-24-18-9-5-6-13-27(18)19;/h5-6,9,13,16-17H,2-4,7-8,10-12,14-15H2,1H3,(H2,21,22,23);1H. The number of nitrogens with one attached hydrogen (secondary N) is 2. The quantitative estimate of drug-likeness (QED) is 0.365. The summed E-state index contributed by atoms with van der Waals surface area (Å²) in [6.07, 6.45) is 9.56. The highest BCUT2D eigenvalue weighted by Crippen LogP contribution is 2.26. The molecule has 0 aromatic carbocycles. The Bertz CT molecular complexity index is 769. The van der Waals surface area contributed by atoms with Gasteiger partial charge in [0.05, 0.1) is 0 Å². The highest BCUT2D eigenvalue weighted by molar-refractivity contribution is 14.0. The first kappa shape index (κ1) is 21.3. The number of nitrogens with zero attached hydrogens (tertiary/aromatic N) is 5. The molecule has 4 rings (SSSR count). The van der Waals surface area contributed by atoms with Crippen molar-refractivity contribution in [3.05, 3.63) is 30.2 Å². The minimum atomic E-state index is 0. The zero-order valence-electron chi connectivity index (χ0n) is 16.7. The third kappa shape index (κ3) is 5.14. The van der Waals surface area contributed by atoms with Crippen LogP contribution in [0.25, 0.3) is 5.65 Å². The molecule has 2 fully saturated rings. The molecule has 1 unspecified atom stereocenters. The number of hydrogen-bond acceptors (Lipinski definition) is 4. The summed E-state index contributed by atoms with van der Waals surface area (Å²) >= 11 is 0. The van der Waals surface area contributed by atoms with Crippen LogP contribution in [0.3, 0.4) is 0 Å². The van der Waals surface area contributed by atoms with Crippen molar-refractivity contribution < 1.29 is 0 Å². The van der Waals surface area contributed by atoms with Gasteiger partial charge in [-0.1, -0.05) is 18.9 Å². The normalized spacial score (nSPS) is 21.2. The SMILES string of the molecule is CCNC(=NCCc1nnc2ccccn12)NC1CCN(C2CCCC2)C1.I. The lowest BCUT2D eigenvalue weighted by molar-refractivity contribution is 0.242. The molecule has 154 valence electrons. The Labute approximate surface area is 184 Å². The Hall–Kier alpha value is -1.42. The Kier molecular flexibility index (Phi) is 7.90. The van der Waals surface area contributed by atoms with Gasteiger partial charge in [-0.2, -0.15) is 0 Å². The van der Waals surface area contributed by atoms with Gasteiger partial charge in [-0.25, -0.2) is 0 Å². The van der Waals surface area contributed by atoms with Crippen LogP contribution in [0.4, 0.5) is 0 Å². The lowest BCUT2D eigenvalue weighted by Crippen LogP contribution is -2.45. The summed E-state index contributed by atoms with van der Waals surface area (Å²) in [6, 6.07) is 7.28. The second kappa shape index (κ2) is 10.4. The number of fused-ring (bicyclic) bond motifs is 1. The smallest absolute Gasteiger partial charge is 0.191 e. The first-order valence-electron chi connectivity index (χ1n) is 10.4. The largest absolute Gasteiger partial charge is 0.357 e. The Balaban J connectivity index is 0.00000225. The van der Waals surface area contributed by atoms with E-state index in [1.54, 1.807) is 0 Å². The molecule has 1 saturated heterocycles. The summed E-state index contributed by atoms with van der Waals surface area (Å²) in [4.78, 5) is 7.45. The summed E-state index contributed by atoms with van der Waals surface area (Å²) in [5.74, 6) is 1.88. The summed E-state index contributed by atoms with van der Waals surface area (Å²) in [5, 5.41) is 15.5. The van der Waals surface area contributed by atoms with Crippen molar-refractivity contribution in [2.24, 2.45) is 4.99 Å². The number of aliphatic imine (C=N–C) groups is 1. The Morgan fingerprint density at radius 1 is 1.21 bits per heavy atom. The summed E-state index contributed by atoms with van der Waals surface area (Å²) in [7, 11) is 0. The van der Waals surface area contributed by atoms with Crippen molar-refractivity contribution in [2.45, 2.75) is 57.5 Å². The third-order valence-electron chi connectivity index (χ3n) is 5.74. The van der Waals surface area contributed by atoms with Crippen LogP contribution < -0.4 is 10.6 Å². The van der Waals surface area contributed by atoms with E-state index >= 15 is 0 Å². The number of rotatable bonds is 6. The molecule has 0 amide bonds. The van der Waals surface area contributed by atoms with Crippen LogP contribution in [0, 0.1) is 0 Å². The molecule has 2 N–H and O–H groups in total. The van der Waals surface area contributed by atoms with E-state index in [1.165, 1.54) is 38.6 Å². The molecule has 2 aliphatic rings. The van der Waals surface area contributed by atoms with Crippen LogP contribution in [0.5, 0.6) is 0 Å². The lowest BCUT2D eigenvalue weighted by atomic mass is 10.2. The van der Waals surface area contributed by atoms with E-state index in [0.717, 1.165) is 43.0 Å². The molecule has 1 aliphatic heterocycles. The van der Waals surface area contributed by atoms with Gasteiger partial charge < -0.3 is 10.6 Å². The van der Waals surface area contributed by atoms with Crippen molar-refractivity contribution in [1.29, 1.82) is 0 Å². The van der Waals surface area contributed by atoms with Crippen molar-refractivity contribution in [2.75, 3.05) is 26.2 Å². The monoisotopic (exact) mass is 497 g/mol. The van der Waals surface area contributed by atoms with Gasteiger partial charge in [0.25, 0.3) is 0 Å². The maximum atomic E-state index is 4.78. The first-order chi connectivity index (χ1) is 13.3. The molecule has 7 nitrogen and oxygen atoms in total. The van der Waals surface area contributed by atoms with Gasteiger partial charge in [0.15, 0.2) is 11.6 Å². The van der Waals surface area contributed by atoms with Crippen LogP contribution in [-0.4, -0.2) is 63.7 Å². The third-order valence-corrected chi connectivity index (χ3v) is 5.74. The number of likely N-dealkylation sites (tertiary alicyclic amines) is 1. The van der Waals surface area contributed by atoms with Gasteiger partial charge >= 0.3 is 0 Å². The highest BCUT2D eigenvalue weighted by atomic mass is 127. The van der Waals surface area contributed by atoms with Crippen LogP contribution in [-0.2, 0) is 6.42 Å². The average Bonchev–Trinajstić information content (AvgIpc) is 3.43. The van der Waals surface area contributed by atoms with Crippen LogP contribution in [0.2, 0.25) is 0 Å². The fraction of sp³-hybridized carbons (Fsp3) is 0.650. The zero-order valence-corrected chi connectivity index (χ0v) is 19.0. The molecule has 2 aromatic heterocycles. The van der Waals surface area contributed by atoms with E-state index < -0.39 is 0 Å². The van der Waals surface area contributed by atoms with E-state index in [0.29, 0.717) is 12.6 Å². The van der Waals surface area contributed by atoms with Gasteiger partial charge in [-0.3, -0.25) is 14.3 Å². The number of guanidine groups is 1. The van der Waals surface area contributed by atoms with Crippen LogP contribution in [0.15, 0.2) is 29.4 Å². The zero-order chi connectivity index (χ0) is 18.5. The van der Waals surface area contributed by atoms with Crippen molar-refractivity contribution in [3.8, 4) is 0 Å². The molecule has 8 heteroatoms. The highest BCUT2D eigenvalue weighted by Gasteiger charge is 2.30. The van der Waals surface area contributed by atoms with Crippen LogP contribution >= 0.6 is 24.0 Å². The van der Waals surface area contributed by atoms with Gasteiger partial charge in [-0.15, -0.1) is 34.2 Å². The van der Waals surface area contributed by atoms with E-state index in [9.17, 15) is 0 Å². The minimum absolute atomic E-state index is 0. The summed E-state index contributed by atoms with van der Waals surface area (Å²) < 4.78 is 2.03. The molecular weight excluding hydrogens is 465 g/mol. The number of aromatic nitrogens is 3. The number of hydrogen-bond donors (Lipinski definition) is 2. The van der Waals surface area contributed by atoms with E-state index in [1.807, 2.05) is 28.8 Å². The summed E-state index contributed by atoms with van der Waals surface area (Å²) in [6.45, 7) is 6.04. The predicted molar refractivity (Wildman–Crippen MR) is 123 cm³/mol. The molecule has 1 saturated carbocycles. The van der Waals surface area contributed by atoms with E-state index in [2.05, 4.69) is 32.7 Å². The van der Waals surface area contributed by atoms with Gasteiger partial charge in [0.2, 0.25) is 0 Å². The minimum Gasteiger partial charge on any atom is -0.357 e. The lowest BCUT2D eigenvalue weighted by Gasteiger charge is -2.24.